The maximum atomic E-state index is 4.63. The Kier molecular flexibility index (Phi) is 3.06. The predicted molar refractivity (Wildman–Crippen MR) is 72.4 cm³/mol. The lowest BCUT2D eigenvalue weighted by Crippen LogP contribution is -2.39. The van der Waals surface area contributed by atoms with Crippen molar-refractivity contribution >= 4 is 0 Å². The highest BCUT2D eigenvalue weighted by molar-refractivity contribution is 5.12. The van der Waals surface area contributed by atoms with Gasteiger partial charge in [0, 0.05) is 30.3 Å². The summed E-state index contributed by atoms with van der Waals surface area (Å²) in [7, 11) is 0. The first kappa shape index (κ1) is 12.3. The molecule has 0 spiro atoms. The summed E-state index contributed by atoms with van der Waals surface area (Å²) in [6.45, 7) is 6.20. The van der Waals surface area contributed by atoms with Crippen LogP contribution in [0.3, 0.4) is 0 Å². The first-order chi connectivity index (χ1) is 9.18. The SMILES string of the molecule is Cc1ccnc([C@]2(C)CCCN2Cc2cnc[nH]2)n1. The maximum Gasteiger partial charge on any atom is 0.148 e. The number of aryl methyl sites for hydroxylation is 1. The molecule has 0 bridgehead atoms. The molecule has 1 aliphatic heterocycles. The molecule has 0 saturated carbocycles. The smallest absolute Gasteiger partial charge is 0.148 e. The molecule has 0 unspecified atom stereocenters. The van der Waals surface area contributed by atoms with E-state index in [1.54, 1.807) is 6.33 Å². The Balaban J connectivity index is 1.88. The lowest BCUT2D eigenvalue weighted by atomic mass is 9.97. The van der Waals surface area contributed by atoms with E-state index >= 15 is 0 Å². The third kappa shape index (κ3) is 2.26. The van der Waals surface area contributed by atoms with Crippen LogP contribution in [0.5, 0.6) is 0 Å². The summed E-state index contributed by atoms with van der Waals surface area (Å²) < 4.78 is 0. The first-order valence-corrected chi connectivity index (χ1v) is 6.71. The molecule has 3 heterocycles. The van der Waals surface area contributed by atoms with Gasteiger partial charge in [0.1, 0.15) is 5.82 Å². The monoisotopic (exact) mass is 257 g/mol. The molecule has 1 saturated heterocycles. The number of likely N-dealkylation sites (tertiary alicyclic amines) is 1. The average molecular weight is 257 g/mol. The Morgan fingerprint density at radius 1 is 1.47 bits per heavy atom. The molecule has 19 heavy (non-hydrogen) atoms. The number of aromatic nitrogens is 4. The summed E-state index contributed by atoms with van der Waals surface area (Å²) in [4.78, 5) is 18.8. The van der Waals surface area contributed by atoms with Crippen LogP contribution in [-0.2, 0) is 12.1 Å². The van der Waals surface area contributed by atoms with Crippen LogP contribution in [0, 0.1) is 6.92 Å². The second kappa shape index (κ2) is 4.74. The number of H-pyrrole nitrogens is 1. The summed E-state index contributed by atoms with van der Waals surface area (Å²) in [5.41, 5.74) is 2.09. The van der Waals surface area contributed by atoms with Crippen LogP contribution in [-0.4, -0.2) is 31.4 Å². The van der Waals surface area contributed by atoms with E-state index in [9.17, 15) is 0 Å². The van der Waals surface area contributed by atoms with Crippen LogP contribution < -0.4 is 0 Å². The Hall–Kier alpha value is -1.75. The fourth-order valence-electron chi connectivity index (χ4n) is 2.81. The van der Waals surface area contributed by atoms with E-state index in [4.69, 9.17) is 0 Å². The summed E-state index contributed by atoms with van der Waals surface area (Å²) in [5, 5.41) is 0. The average Bonchev–Trinajstić information content (AvgIpc) is 3.02. The summed E-state index contributed by atoms with van der Waals surface area (Å²) >= 11 is 0. The second-order valence-corrected chi connectivity index (χ2v) is 5.40. The molecule has 0 aromatic carbocycles. The van der Waals surface area contributed by atoms with Crippen molar-refractivity contribution in [3.8, 4) is 0 Å². The molecule has 1 N–H and O–H groups in total. The van der Waals surface area contributed by atoms with Crippen LogP contribution in [0.2, 0.25) is 0 Å². The zero-order valence-electron chi connectivity index (χ0n) is 11.4. The number of rotatable bonds is 3. The van der Waals surface area contributed by atoms with Crippen LogP contribution in [0.4, 0.5) is 0 Å². The molecule has 1 fully saturated rings. The minimum atomic E-state index is -0.0723. The van der Waals surface area contributed by atoms with Gasteiger partial charge in [-0.15, -0.1) is 0 Å². The third-order valence-corrected chi connectivity index (χ3v) is 3.98. The quantitative estimate of drug-likeness (QED) is 0.914. The van der Waals surface area contributed by atoms with Crippen LogP contribution >= 0.6 is 0 Å². The van der Waals surface area contributed by atoms with Crippen molar-refractivity contribution in [3.63, 3.8) is 0 Å². The minimum absolute atomic E-state index is 0.0723. The van der Waals surface area contributed by atoms with Crippen molar-refractivity contribution in [3.05, 3.63) is 42.0 Å². The van der Waals surface area contributed by atoms with Gasteiger partial charge in [0.25, 0.3) is 0 Å². The molecule has 5 nitrogen and oxygen atoms in total. The topological polar surface area (TPSA) is 57.7 Å². The summed E-state index contributed by atoms with van der Waals surface area (Å²) in [6, 6.07) is 1.95. The zero-order chi connectivity index (χ0) is 13.3. The number of hydrogen-bond acceptors (Lipinski definition) is 4. The van der Waals surface area contributed by atoms with Crippen molar-refractivity contribution in [2.75, 3.05) is 6.54 Å². The fraction of sp³-hybridized carbons (Fsp3) is 0.500. The van der Waals surface area contributed by atoms with E-state index in [1.807, 2.05) is 25.4 Å². The Morgan fingerprint density at radius 2 is 2.37 bits per heavy atom. The molecular formula is C14H19N5. The molecule has 0 radical (unpaired) electrons. The van der Waals surface area contributed by atoms with Crippen molar-refractivity contribution in [2.45, 2.75) is 38.8 Å². The number of imidazole rings is 1. The fourth-order valence-corrected chi connectivity index (χ4v) is 2.81. The van der Waals surface area contributed by atoms with Gasteiger partial charge in [-0.3, -0.25) is 4.90 Å². The molecule has 0 aliphatic carbocycles. The third-order valence-electron chi connectivity index (χ3n) is 3.98. The molecule has 0 amide bonds. The van der Waals surface area contributed by atoms with Crippen molar-refractivity contribution in [2.24, 2.45) is 0 Å². The van der Waals surface area contributed by atoms with E-state index in [0.29, 0.717) is 0 Å². The Bertz CT molecular complexity index is 551. The van der Waals surface area contributed by atoms with Gasteiger partial charge in [-0.2, -0.15) is 0 Å². The van der Waals surface area contributed by atoms with E-state index in [-0.39, 0.29) is 5.54 Å². The van der Waals surface area contributed by atoms with Gasteiger partial charge in [0.05, 0.1) is 11.9 Å². The molecule has 3 rings (SSSR count). The first-order valence-electron chi connectivity index (χ1n) is 6.71. The predicted octanol–water partition coefficient (Wildman–Crippen LogP) is 2.02. The van der Waals surface area contributed by atoms with Gasteiger partial charge < -0.3 is 4.98 Å². The number of aromatic amines is 1. The summed E-state index contributed by atoms with van der Waals surface area (Å²) in [5.74, 6) is 0.935. The van der Waals surface area contributed by atoms with Crippen LogP contribution in [0.15, 0.2) is 24.8 Å². The molecule has 100 valence electrons. The lowest BCUT2D eigenvalue weighted by molar-refractivity contribution is 0.136. The molecular weight excluding hydrogens is 238 g/mol. The molecule has 5 heteroatoms. The molecule has 1 aliphatic rings. The zero-order valence-corrected chi connectivity index (χ0v) is 11.4. The highest BCUT2D eigenvalue weighted by Crippen LogP contribution is 2.37. The molecule has 1 atom stereocenters. The van der Waals surface area contributed by atoms with Gasteiger partial charge in [0.2, 0.25) is 0 Å². The van der Waals surface area contributed by atoms with Gasteiger partial charge in [-0.25, -0.2) is 15.0 Å². The molecule has 2 aromatic rings. The summed E-state index contributed by atoms with van der Waals surface area (Å²) in [6.07, 6.45) is 7.75. The lowest BCUT2D eigenvalue weighted by Gasteiger charge is -2.33. The molecule has 2 aromatic heterocycles. The standard InChI is InChI=1S/C14H19N5/c1-11-4-6-16-13(18-11)14(2)5-3-7-19(14)9-12-8-15-10-17-12/h4,6,8,10H,3,5,7,9H2,1-2H3,(H,15,17)/t14-/m0/s1. The normalized spacial score (nSPS) is 23.9. The van der Waals surface area contributed by atoms with Crippen molar-refractivity contribution in [1.82, 2.24) is 24.8 Å². The van der Waals surface area contributed by atoms with E-state index < -0.39 is 0 Å². The van der Waals surface area contributed by atoms with Gasteiger partial charge in [0.15, 0.2) is 0 Å². The number of nitrogens with one attached hydrogen (secondary N) is 1. The van der Waals surface area contributed by atoms with Gasteiger partial charge >= 0.3 is 0 Å². The van der Waals surface area contributed by atoms with Gasteiger partial charge in [-0.05, 0) is 39.3 Å². The van der Waals surface area contributed by atoms with Crippen molar-refractivity contribution < 1.29 is 0 Å². The maximum absolute atomic E-state index is 4.63. The Morgan fingerprint density at radius 3 is 3.11 bits per heavy atom. The van der Waals surface area contributed by atoms with E-state index in [1.165, 1.54) is 6.42 Å². The van der Waals surface area contributed by atoms with Crippen LogP contribution in [0.25, 0.3) is 0 Å². The van der Waals surface area contributed by atoms with Crippen molar-refractivity contribution in [1.29, 1.82) is 0 Å². The van der Waals surface area contributed by atoms with Crippen LogP contribution in [0.1, 0.15) is 37.0 Å². The van der Waals surface area contributed by atoms with E-state index in [0.717, 1.165) is 36.7 Å². The van der Waals surface area contributed by atoms with E-state index in [2.05, 4.69) is 31.8 Å². The van der Waals surface area contributed by atoms with Gasteiger partial charge in [-0.1, -0.05) is 0 Å². The largest absolute Gasteiger partial charge is 0.347 e. The highest BCUT2D eigenvalue weighted by Gasteiger charge is 2.40. The highest BCUT2D eigenvalue weighted by atomic mass is 15.2. The second-order valence-electron chi connectivity index (χ2n) is 5.40. The minimum Gasteiger partial charge on any atom is -0.347 e. The number of nitrogens with zero attached hydrogens (tertiary/aromatic N) is 4. The number of hydrogen-bond donors (Lipinski definition) is 1. The Labute approximate surface area is 113 Å².